The van der Waals surface area contributed by atoms with Gasteiger partial charge in [0.05, 0.1) is 30.9 Å². The second-order valence-electron chi connectivity index (χ2n) is 8.55. The minimum Gasteiger partial charge on any atom is -0.497 e. The first-order chi connectivity index (χ1) is 16.5. The molecule has 0 unspecified atom stereocenters. The molecule has 3 heterocycles. The predicted molar refractivity (Wildman–Crippen MR) is 130 cm³/mol. The Balaban J connectivity index is 1.34. The molecule has 4 rings (SSSR count). The summed E-state index contributed by atoms with van der Waals surface area (Å²) in [7, 11) is 1.58. The molecule has 1 fully saturated rings. The molecule has 1 aromatic carbocycles. The lowest BCUT2D eigenvalue weighted by molar-refractivity contribution is -0.146. The van der Waals surface area contributed by atoms with Crippen molar-refractivity contribution < 1.29 is 19.0 Å². The van der Waals surface area contributed by atoms with E-state index in [1.165, 1.54) is 0 Å². The molecule has 1 aliphatic heterocycles. The van der Waals surface area contributed by atoms with E-state index in [4.69, 9.17) is 4.74 Å². The Morgan fingerprint density at radius 1 is 1.29 bits per heavy atom. The fourth-order valence-corrected chi connectivity index (χ4v) is 5.48. The highest BCUT2D eigenvalue weighted by atomic mass is 32.2. The summed E-state index contributed by atoms with van der Waals surface area (Å²) in [5, 5.41) is 18.2. The summed E-state index contributed by atoms with van der Waals surface area (Å²) < 4.78 is 20.6. The summed E-state index contributed by atoms with van der Waals surface area (Å²) in [5.41, 5.74) is 1.30. The second-order valence-corrected chi connectivity index (χ2v) is 9.72. The molecule has 34 heavy (non-hydrogen) atoms. The first kappa shape index (κ1) is 24.3. The average molecular weight is 485 g/mol. The lowest BCUT2D eigenvalue weighted by atomic mass is 9.81. The standard InChI is InChI=1S/C25H29FN4O3S/c1-33-18-3-5-24-21(14-18)20(7-9-27-24)23(26)4-2-17-8-11-30(16-22(17)25(31)32)12-13-34-19-6-10-28-29-15-19/h3,5-7,9-10,14-15,17,22-23H,2,4,8,11-13,16H2,1H3,(H,31,32)/t17-,22+,23+/m1/s1. The molecule has 0 aliphatic carbocycles. The van der Waals surface area contributed by atoms with Crippen molar-refractivity contribution in [2.45, 2.75) is 30.3 Å². The van der Waals surface area contributed by atoms with Crippen LogP contribution < -0.4 is 4.74 Å². The number of methoxy groups -OCH3 is 1. The Morgan fingerprint density at radius 3 is 2.94 bits per heavy atom. The summed E-state index contributed by atoms with van der Waals surface area (Å²) in [6.07, 6.45) is 5.41. The molecule has 180 valence electrons. The summed E-state index contributed by atoms with van der Waals surface area (Å²) in [4.78, 5) is 19.6. The maximum absolute atomic E-state index is 15.3. The fourth-order valence-electron chi connectivity index (χ4n) is 4.62. The molecular formula is C25H29FN4O3S. The first-order valence-corrected chi connectivity index (χ1v) is 12.4. The van der Waals surface area contributed by atoms with Crippen LogP contribution in [0.3, 0.4) is 0 Å². The Kier molecular flexibility index (Phi) is 8.29. The quantitative estimate of drug-likeness (QED) is 0.417. The van der Waals surface area contributed by atoms with Crippen LogP contribution in [0.2, 0.25) is 0 Å². The van der Waals surface area contributed by atoms with Gasteiger partial charge in [0.25, 0.3) is 0 Å². The third-order valence-corrected chi connectivity index (χ3v) is 7.46. The Labute approximate surface area is 202 Å². The van der Waals surface area contributed by atoms with E-state index in [2.05, 4.69) is 20.1 Å². The number of aliphatic carboxylic acids is 1. The Morgan fingerprint density at radius 2 is 2.18 bits per heavy atom. The van der Waals surface area contributed by atoms with Gasteiger partial charge >= 0.3 is 5.97 Å². The SMILES string of the molecule is COc1ccc2nccc([C@@H](F)CC[C@@H]3CCN(CCSc4ccnnc4)C[C@@H]3C(=O)O)c2c1. The van der Waals surface area contributed by atoms with Crippen LogP contribution in [0.15, 0.2) is 53.8 Å². The second kappa shape index (κ2) is 11.6. The zero-order chi connectivity index (χ0) is 23.9. The van der Waals surface area contributed by atoms with Gasteiger partial charge in [0.1, 0.15) is 11.9 Å². The molecule has 0 spiro atoms. The van der Waals surface area contributed by atoms with Gasteiger partial charge in [-0.25, -0.2) is 4.39 Å². The van der Waals surface area contributed by atoms with Gasteiger partial charge < -0.3 is 14.7 Å². The number of pyridine rings is 1. The number of likely N-dealkylation sites (tertiary alicyclic amines) is 1. The van der Waals surface area contributed by atoms with E-state index < -0.39 is 18.1 Å². The average Bonchev–Trinajstić information content (AvgIpc) is 2.87. The molecule has 3 aromatic rings. The number of hydrogen-bond acceptors (Lipinski definition) is 7. The molecule has 0 bridgehead atoms. The number of rotatable bonds is 10. The van der Waals surface area contributed by atoms with Gasteiger partial charge in [0.2, 0.25) is 0 Å². The van der Waals surface area contributed by atoms with Crippen LogP contribution in [0.1, 0.15) is 31.0 Å². The number of nitrogens with zero attached hydrogens (tertiary/aromatic N) is 4. The van der Waals surface area contributed by atoms with E-state index in [1.807, 2.05) is 24.3 Å². The molecule has 3 atom stereocenters. The van der Waals surface area contributed by atoms with Gasteiger partial charge in [0.15, 0.2) is 0 Å². The highest BCUT2D eigenvalue weighted by Crippen LogP contribution is 2.35. The number of carboxylic acids is 1. The number of ether oxygens (including phenoxy) is 1. The highest BCUT2D eigenvalue weighted by Gasteiger charge is 2.34. The maximum Gasteiger partial charge on any atom is 0.308 e. The van der Waals surface area contributed by atoms with Crippen LogP contribution >= 0.6 is 11.8 Å². The van der Waals surface area contributed by atoms with Crippen LogP contribution in [0.5, 0.6) is 5.75 Å². The Bertz CT molecular complexity index is 1100. The molecular weight excluding hydrogens is 455 g/mol. The summed E-state index contributed by atoms with van der Waals surface area (Å²) in [6.45, 7) is 2.14. The summed E-state index contributed by atoms with van der Waals surface area (Å²) >= 11 is 1.68. The molecule has 2 aromatic heterocycles. The number of hydrogen-bond donors (Lipinski definition) is 1. The van der Waals surface area contributed by atoms with Crippen molar-refractivity contribution in [1.82, 2.24) is 20.1 Å². The molecule has 1 saturated heterocycles. The van der Waals surface area contributed by atoms with E-state index in [-0.39, 0.29) is 12.3 Å². The number of halogens is 1. The van der Waals surface area contributed by atoms with Gasteiger partial charge in [0, 0.05) is 35.3 Å². The van der Waals surface area contributed by atoms with Crippen molar-refractivity contribution in [2.75, 3.05) is 32.5 Å². The number of benzene rings is 1. The number of carbonyl (C=O) groups is 1. The summed E-state index contributed by atoms with van der Waals surface area (Å²) in [5.74, 6) is 0.198. The highest BCUT2D eigenvalue weighted by molar-refractivity contribution is 7.99. The van der Waals surface area contributed by atoms with Crippen LogP contribution in [0.25, 0.3) is 10.9 Å². The Hall–Kier alpha value is -2.78. The molecule has 0 radical (unpaired) electrons. The topological polar surface area (TPSA) is 88.4 Å². The number of fused-ring (bicyclic) bond motifs is 1. The minimum absolute atomic E-state index is 0.0355. The zero-order valence-corrected chi connectivity index (χ0v) is 20.0. The van der Waals surface area contributed by atoms with Gasteiger partial charge in [-0.2, -0.15) is 10.2 Å². The molecule has 1 N–H and O–H groups in total. The largest absolute Gasteiger partial charge is 0.497 e. The van der Waals surface area contributed by atoms with E-state index >= 15 is 4.39 Å². The normalized spacial score (nSPS) is 19.7. The number of piperidine rings is 1. The first-order valence-electron chi connectivity index (χ1n) is 11.5. The number of alkyl halides is 1. The molecule has 7 nitrogen and oxygen atoms in total. The van der Waals surface area contributed by atoms with Crippen molar-refractivity contribution in [1.29, 1.82) is 0 Å². The minimum atomic E-state index is -1.18. The van der Waals surface area contributed by atoms with E-state index in [0.29, 0.717) is 24.3 Å². The van der Waals surface area contributed by atoms with Crippen LogP contribution in [-0.4, -0.2) is 63.7 Å². The predicted octanol–water partition coefficient (Wildman–Crippen LogP) is 4.64. The van der Waals surface area contributed by atoms with Crippen molar-refractivity contribution in [2.24, 2.45) is 11.8 Å². The van der Waals surface area contributed by atoms with Gasteiger partial charge in [-0.1, -0.05) is 0 Å². The van der Waals surface area contributed by atoms with Gasteiger partial charge in [-0.3, -0.25) is 9.78 Å². The van der Waals surface area contributed by atoms with Gasteiger partial charge in [-0.05, 0) is 67.6 Å². The van der Waals surface area contributed by atoms with Gasteiger partial charge in [-0.15, -0.1) is 11.8 Å². The van der Waals surface area contributed by atoms with Crippen molar-refractivity contribution in [3.63, 3.8) is 0 Å². The monoisotopic (exact) mass is 484 g/mol. The third kappa shape index (κ3) is 6.01. The number of carboxylic acid groups (broad SMARTS) is 1. The van der Waals surface area contributed by atoms with Crippen molar-refractivity contribution in [3.8, 4) is 5.75 Å². The number of thioether (sulfide) groups is 1. The van der Waals surface area contributed by atoms with Crippen molar-refractivity contribution in [3.05, 3.63) is 54.5 Å². The van der Waals surface area contributed by atoms with Crippen LogP contribution in [-0.2, 0) is 4.79 Å². The van der Waals surface area contributed by atoms with Crippen LogP contribution in [0, 0.1) is 11.8 Å². The van der Waals surface area contributed by atoms with E-state index in [1.54, 1.807) is 43.5 Å². The molecule has 0 amide bonds. The molecule has 1 aliphatic rings. The maximum atomic E-state index is 15.3. The summed E-state index contributed by atoms with van der Waals surface area (Å²) in [6, 6.07) is 9.07. The molecule has 0 saturated carbocycles. The number of aromatic nitrogens is 3. The van der Waals surface area contributed by atoms with Crippen molar-refractivity contribution >= 4 is 28.6 Å². The smallest absolute Gasteiger partial charge is 0.308 e. The van der Waals surface area contributed by atoms with Crippen LogP contribution in [0.4, 0.5) is 4.39 Å². The third-order valence-electron chi connectivity index (χ3n) is 6.50. The van der Waals surface area contributed by atoms with E-state index in [0.717, 1.165) is 41.1 Å². The zero-order valence-electron chi connectivity index (χ0n) is 19.1. The lowest BCUT2D eigenvalue weighted by Crippen LogP contribution is -2.44. The lowest BCUT2D eigenvalue weighted by Gasteiger charge is -2.36. The molecule has 9 heteroatoms. The van der Waals surface area contributed by atoms with E-state index in [9.17, 15) is 9.90 Å². The fraction of sp³-hybridized carbons (Fsp3) is 0.440.